The summed E-state index contributed by atoms with van der Waals surface area (Å²) in [5.74, 6) is -1.47. The lowest BCUT2D eigenvalue weighted by Crippen LogP contribution is -2.42. The Balaban J connectivity index is 1.32. The Bertz CT molecular complexity index is 1090. The van der Waals surface area contributed by atoms with E-state index < -0.39 is 21.7 Å². The van der Waals surface area contributed by atoms with E-state index in [9.17, 15) is 22.0 Å². The SMILES string of the molecule is O=C(NCc1ccc2c(c1)OCCO2)C1CCN(S(=O)(=O)c2ccc(F)c(F)c2)CC1. The van der Waals surface area contributed by atoms with E-state index in [1.807, 2.05) is 12.1 Å². The van der Waals surface area contributed by atoms with E-state index in [2.05, 4.69) is 5.32 Å². The van der Waals surface area contributed by atoms with Crippen molar-refractivity contribution in [1.82, 2.24) is 9.62 Å². The van der Waals surface area contributed by atoms with Crippen LogP contribution in [0.15, 0.2) is 41.3 Å². The summed E-state index contributed by atoms with van der Waals surface area (Å²) in [5, 5.41) is 2.88. The number of rotatable bonds is 5. The predicted octanol–water partition coefficient (Wildman–Crippen LogP) is 2.45. The van der Waals surface area contributed by atoms with Gasteiger partial charge in [-0.25, -0.2) is 17.2 Å². The lowest BCUT2D eigenvalue weighted by atomic mass is 9.97. The molecule has 0 aliphatic carbocycles. The van der Waals surface area contributed by atoms with E-state index in [4.69, 9.17) is 9.47 Å². The van der Waals surface area contributed by atoms with Crippen LogP contribution in [0.2, 0.25) is 0 Å². The number of benzene rings is 2. The number of ether oxygens (including phenoxy) is 2. The highest BCUT2D eigenvalue weighted by Gasteiger charge is 2.32. The van der Waals surface area contributed by atoms with Crippen LogP contribution in [0.3, 0.4) is 0 Å². The molecule has 0 bridgehead atoms. The van der Waals surface area contributed by atoms with Gasteiger partial charge in [0.1, 0.15) is 13.2 Å². The van der Waals surface area contributed by atoms with Gasteiger partial charge in [-0.15, -0.1) is 0 Å². The number of nitrogens with zero attached hydrogens (tertiary/aromatic N) is 1. The zero-order valence-corrected chi connectivity index (χ0v) is 17.5. The second kappa shape index (κ2) is 8.80. The topological polar surface area (TPSA) is 84.9 Å². The summed E-state index contributed by atoms with van der Waals surface area (Å²) < 4.78 is 64.1. The molecule has 2 aromatic carbocycles. The van der Waals surface area contributed by atoms with Gasteiger partial charge in [0.2, 0.25) is 15.9 Å². The van der Waals surface area contributed by atoms with E-state index in [-0.39, 0.29) is 29.8 Å². The number of piperidine rings is 1. The number of carbonyl (C=O) groups excluding carboxylic acids is 1. The number of carbonyl (C=O) groups is 1. The quantitative estimate of drug-likeness (QED) is 0.754. The van der Waals surface area contributed by atoms with E-state index in [0.717, 1.165) is 17.7 Å². The van der Waals surface area contributed by atoms with Gasteiger partial charge in [0.05, 0.1) is 4.90 Å². The van der Waals surface area contributed by atoms with Crippen molar-refractivity contribution in [2.45, 2.75) is 24.3 Å². The van der Waals surface area contributed by atoms with Gasteiger partial charge in [-0.3, -0.25) is 4.79 Å². The molecule has 0 spiro atoms. The van der Waals surface area contributed by atoms with Crippen molar-refractivity contribution in [2.75, 3.05) is 26.3 Å². The van der Waals surface area contributed by atoms with Crippen molar-refractivity contribution >= 4 is 15.9 Å². The summed E-state index contributed by atoms with van der Waals surface area (Å²) in [6.07, 6.45) is 0.686. The van der Waals surface area contributed by atoms with Crippen molar-refractivity contribution in [3.8, 4) is 11.5 Å². The molecule has 4 rings (SSSR count). The summed E-state index contributed by atoms with van der Waals surface area (Å²) in [5.41, 5.74) is 0.871. The molecule has 166 valence electrons. The minimum atomic E-state index is -3.95. The number of halogens is 2. The Hall–Kier alpha value is -2.72. The normalized spacial score (nSPS) is 17.4. The highest BCUT2D eigenvalue weighted by Crippen LogP contribution is 2.31. The Morgan fingerprint density at radius 2 is 1.71 bits per heavy atom. The molecule has 0 unspecified atom stereocenters. The first-order chi connectivity index (χ1) is 14.8. The fourth-order valence-corrected chi connectivity index (χ4v) is 5.16. The number of hydrogen-bond donors (Lipinski definition) is 1. The van der Waals surface area contributed by atoms with Crippen LogP contribution in [0.5, 0.6) is 11.5 Å². The van der Waals surface area contributed by atoms with Crippen LogP contribution in [0.4, 0.5) is 8.78 Å². The highest BCUT2D eigenvalue weighted by atomic mass is 32.2. The maximum atomic E-state index is 13.4. The molecular weight excluding hydrogens is 430 g/mol. The number of hydrogen-bond acceptors (Lipinski definition) is 5. The molecule has 1 N–H and O–H groups in total. The lowest BCUT2D eigenvalue weighted by molar-refractivity contribution is -0.126. The molecule has 10 heteroatoms. The standard InChI is InChI=1S/C21H22F2N2O5S/c22-17-3-2-16(12-18(17)23)31(27,28)25-7-5-15(6-8-25)21(26)24-13-14-1-4-19-20(11-14)30-10-9-29-19/h1-4,11-12,15H,5-10,13H2,(H,24,26). The van der Waals surface area contributed by atoms with Crippen molar-refractivity contribution in [3.63, 3.8) is 0 Å². The van der Waals surface area contributed by atoms with Gasteiger partial charge in [-0.2, -0.15) is 4.31 Å². The molecule has 2 aliphatic heterocycles. The summed E-state index contributed by atoms with van der Waals surface area (Å²) in [4.78, 5) is 12.2. The Morgan fingerprint density at radius 3 is 2.42 bits per heavy atom. The second-order valence-corrected chi connectivity index (χ2v) is 9.39. The molecule has 0 radical (unpaired) electrons. The maximum absolute atomic E-state index is 13.4. The fraction of sp³-hybridized carbons (Fsp3) is 0.381. The van der Waals surface area contributed by atoms with Gasteiger partial charge in [0, 0.05) is 25.6 Å². The van der Waals surface area contributed by atoms with Crippen LogP contribution in [-0.2, 0) is 21.4 Å². The van der Waals surface area contributed by atoms with Crippen molar-refractivity contribution in [2.24, 2.45) is 5.92 Å². The van der Waals surface area contributed by atoms with Crippen LogP contribution in [0.1, 0.15) is 18.4 Å². The summed E-state index contributed by atoms with van der Waals surface area (Å²) in [6, 6.07) is 7.99. The Morgan fingerprint density at radius 1 is 1.00 bits per heavy atom. The molecule has 1 fully saturated rings. The monoisotopic (exact) mass is 452 g/mol. The molecule has 7 nitrogen and oxygen atoms in total. The molecule has 1 saturated heterocycles. The maximum Gasteiger partial charge on any atom is 0.243 e. The van der Waals surface area contributed by atoms with Gasteiger partial charge >= 0.3 is 0 Å². The average Bonchev–Trinajstić information content (AvgIpc) is 2.79. The molecule has 2 aliphatic rings. The summed E-state index contributed by atoms with van der Waals surface area (Å²) in [6.45, 7) is 1.57. The fourth-order valence-electron chi connectivity index (χ4n) is 3.68. The summed E-state index contributed by atoms with van der Waals surface area (Å²) >= 11 is 0. The molecule has 0 atom stereocenters. The van der Waals surface area contributed by atoms with Crippen LogP contribution in [0, 0.1) is 17.6 Å². The molecule has 31 heavy (non-hydrogen) atoms. The zero-order chi connectivity index (χ0) is 22.0. The van der Waals surface area contributed by atoms with Crippen LogP contribution >= 0.6 is 0 Å². The first-order valence-electron chi connectivity index (χ1n) is 9.96. The minimum absolute atomic E-state index is 0.128. The Kier molecular flexibility index (Phi) is 6.10. The molecule has 0 aromatic heterocycles. The number of fused-ring (bicyclic) bond motifs is 1. The van der Waals surface area contributed by atoms with Gasteiger partial charge in [0.15, 0.2) is 23.1 Å². The third-order valence-corrected chi connectivity index (χ3v) is 7.32. The average molecular weight is 452 g/mol. The molecule has 2 heterocycles. The van der Waals surface area contributed by atoms with E-state index in [1.165, 1.54) is 4.31 Å². The molecule has 2 aromatic rings. The predicted molar refractivity (Wildman–Crippen MR) is 107 cm³/mol. The van der Waals surface area contributed by atoms with Gasteiger partial charge in [0.25, 0.3) is 0 Å². The first-order valence-corrected chi connectivity index (χ1v) is 11.4. The highest BCUT2D eigenvalue weighted by molar-refractivity contribution is 7.89. The molecule has 1 amide bonds. The minimum Gasteiger partial charge on any atom is -0.486 e. The van der Waals surface area contributed by atoms with E-state index >= 15 is 0 Å². The van der Waals surface area contributed by atoms with Crippen molar-refractivity contribution < 1.29 is 31.5 Å². The van der Waals surface area contributed by atoms with Crippen molar-refractivity contribution in [3.05, 3.63) is 53.6 Å². The lowest BCUT2D eigenvalue weighted by Gasteiger charge is -2.30. The van der Waals surface area contributed by atoms with E-state index in [1.54, 1.807) is 6.07 Å². The first kappa shape index (κ1) is 21.5. The molecule has 0 saturated carbocycles. The number of sulfonamides is 1. The zero-order valence-electron chi connectivity index (χ0n) is 16.6. The number of nitrogens with one attached hydrogen (secondary N) is 1. The Labute approximate surface area is 179 Å². The third-order valence-electron chi connectivity index (χ3n) is 5.43. The van der Waals surface area contributed by atoms with Crippen LogP contribution in [0.25, 0.3) is 0 Å². The van der Waals surface area contributed by atoms with Gasteiger partial charge < -0.3 is 14.8 Å². The summed E-state index contributed by atoms with van der Waals surface area (Å²) in [7, 11) is -3.95. The molecular formula is C21H22F2N2O5S. The second-order valence-electron chi connectivity index (χ2n) is 7.45. The van der Waals surface area contributed by atoms with Crippen LogP contribution < -0.4 is 14.8 Å². The van der Waals surface area contributed by atoms with Crippen molar-refractivity contribution in [1.29, 1.82) is 0 Å². The third kappa shape index (κ3) is 4.64. The largest absolute Gasteiger partial charge is 0.486 e. The smallest absolute Gasteiger partial charge is 0.243 e. The van der Waals surface area contributed by atoms with Crippen LogP contribution in [-0.4, -0.2) is 44.9 Å². The van der Waals surface area contributed by atoms with E-state index in [0.29, 0.717) is 50.2 Å². The van der Waals surface area contributed by atoms with Gasteiger partial charge in [-0.1, -0.05) is 6.07 Å². The van der Waals surface area contributed by atoms with Gasteiger partial charge in [-0.05, 0) is 48.7 Å². The number of amides is 1.